The van der Waals surface area contributed by atoms with Crippen molar-refractivity contribution in [3.8, 4) is 0 Å². The minimum Gasteiger partial charge on any atom is -0.274 e. The Hall–Kier alpha value is -0.0700. The summed E-state index contributed by atoms with van der Waals surface area (Å²) in [5, 5.41) is -1.01. The fourth-order valence-corrected chi connectivity index (χ4v) is 2.29. The van der Waals surface area contributed by atoms with Crippen LogP contribution in [0.5, 0.6) is 0 Å². The van der Waals surface area contributed by atoms with Crippen LogP contribution < -0.4 is 0 Å². The molecular weight excluding hydrogens is 347 g/mol. The van der Waals surface area contributed by atoms with Crippen molar-refractivity contribution in [3.05, 3.63) is 26.4 Å². The third-order valence-corrected chi connectivity index (χ3v) is 2.62. The Morgan fingerprint density at radius 1 is 1.50 bits per heavy atom. The van der Waals surface area contributed by atoms with Gasteiger partial charge in [0, 0.05) is 4.47 Å². The maximum atomic E-state index is 12.5. The van der Waals surface area contributed by atoms with E-state index in [0.29, 0.717) is 0 Å². The van der Waals surface area contributed by atoms with Crippen molar-refractivity contribution in [2.24, 2.45) is 0 Å². The predicted octanol–water partition coefficient (Wildman–Crippen LogP) is 3.92. The third-order valence-electron chi connectivity index (χ3n) is 1.38. The quantitative estimate of drug-likeness (QED) is 0.598. The molecule has 0 saturated heterocycles. The lowest BCUT2D eigenvalue weighted by Crippen LogP contribution is -2.03. The van der Waals surface area contributed by atoms with Gasteiger partial charge in [-0.05, 0) is 33.6 Å². The third kappa shape index (κ3) is 2.49. The first-order chi connectivity index (χ1) is 6.43. The Morgan fingerprint density at radius 3 is 2.50 bits per heavy atom. The highest BCUT2D eigenvalue weighted by Crippen LogP contribution is 2.32. The highest BCUT2D eigenvalue weighted by Gasteiger charge is 2.22. The van der Waals surface area contributed by atoms with Crippen LogP contribution in [0.15, 0.2) is 15.1 Å². The normalized spacial score (nSPS) is 10.7. The highest BCUT2D eigenvalue weighted by molar-refractivity contribution is 9.11. The molecule has 0 amide bonds. The van der Waals surface area contributed by atoms with Crippen molar-refractivity contribution in [2.75, 3.05) is 0 Å². The van der Waals surface area contributed by atoms with Crippen molar-refractivity contribution in [3.63, 3.8) is 0 Å². The molecule has 0 aliphatic heterocycles. The minimum atomic E-state index is -2.80. The molecule has 0 atom stereocenters. The average Bonchev–Trinajstić information content (AvgIpc) is 2.01. The molecule has 2 nitrogen and oxygen atoms in total. The van der Waals surface area contributed by atoms with Crippen molar-refractivity contribution >= 4 is 48.7 Å². The van der Waals surface area contributed by atoms with Crippen LogP contribution in [0.4, 0.5) is 8.78 Å². The van der Waals surface area contributed by atoms with Gasteiger partial charge in [0.1, 0.15) is 10.3 Å². The van der Waals surface area contributed by atoms with Crippen LogP contribution in [0, 0.1) is 0 Å². The van der Waals surface area contributed by atoms with E-state index in [9.17, 15) is 13.6 Å². The van der Waals surface area contributed by atoms with Gasteiger partial charge in [0.05, 0.1) is 5.56 Å². The van der Waals surface area contributed by atoms with E-state index in [1.54, 1.807) is 0 Å². The molecule has 1 aromatic heterocycles. The summed E-state index contributed by atoms with van der Waals surface area (Å²) in [6, 6.07) is 1.32. The molecule has 1 heterocycles. The second kappa shape index (κ2) is 4.63. The van der Waals surface area contributed by atoms with E-state index in [1.165, 1.54) is 6.07 Å². The van der Waals surface area contributed by atoms with Crippen molar-refractivity contribution in [1.29, 1.82) is 0 Å². The van der Waals surface area contributed by atoms with Gasteiger partial charge in [0.25, 0.3) is 11.7 Å². The number of rotatable bonds is 2. The van der Waals surface area contributed by atoms with Crippen LogP contribution in [-0.2, 0) is 0 Å². The van der Waals surface area contributed by atoms with E-state index in [1.807, 2.05) is 0 Å². The van der Waals surface area contributed by atoms with Gasteiger partial charge < -0.3 is 0 Å². The van der Waals surface area contributed by atoms with Gasteiger partial charge in [-0.25, -0.2) is 13.8 Å². The van der Waals surface area contributed by atoms with Crippen LogP contribution in [0.2, 0.25) is 0 Å². The van der Waals surface area contributed by atoms with E-state index in [-0.39, 0.29) is 9.08 Å². The van der Waals surface area contributed by atoms with Gasteiger partial charge in [-0.3, -0.25) is 4.79 Å². The number of alkyl halides is 2. The summed E-state index contributed by atoms with van der Waals surface area (Å²) in [5.41, 5.74) is -0.934. The number of pyridine rings is 1. The predicted molar refractivity (Wildman–Crippen MR) is 54.8 cm³/mol. The molecule has 0 saturated carbocycles. The second-order valence-corrected chi connectivity index (χ2v) is 4.27. The molecule has 1 rings (SSSR count). The molecule has 0 spiro atoms. The van der Waals surface area contributed by atoms with Gasteiger partial charge in [0.2, 0.25) is 0 Å². The standard InChI is InChI=1S/C7H2Br2ClF2NO/c8-2-1-3(9)13-5(6(10)14)4(2)7(11)12/h1,7H. The Morgan fingerprint density at radius 2 is 2.07 bits per heavy atom. The molecule has 76 valence electrons. The first-order valence-electron chi connectivity index (χ1n) is 3.27. The van der Waals surface area contributed by atoms with E-state index in [4.69, 9.17) is 11.6 Å². The molecule has 1 aromatic rings. The van der Waals surface area contributed by atoms with Crippen LogP contribution in [-0.4, -0.2) is 10.2 Å². The summed E-state index contributed by atoms with van der Waals surface area (Å²) < 4.78 is 25.3. The summed E-state index contributed by atoms with van der Waals surface area (Å²) in [7, 11) is 0. The van der Waals surface area contributed by atoms with Crippen LogP contribution in [0.1, 0.15) is 22.5 Å². The zero-order valence-corrected chi connectivity index (χ0v) is 10.3. The van der Waals surface area contributed by atoms with Crippen LogP contribution in [0.25, 0.3) is 0 Å². The van der Waals surface area contributed by atoms with Gasteiger partial charge in [0.15, 0.2) is 0 Å². The molecule has 0 bridgehead atoms. The molecule has 0 N–H and O–H groups in total. The summed E-state index contributed by atoms with van der Waals surface area (Å²) in [5.74, 6) is 0. The first kappa shape index (κ1) is 12.0. The zero-order valence-electron chi connectivity index (χ0n) is 6.40. The lowest BCUT2D eigenvalue weighted by molar-refractivity contribution is 0.106. The molecule has 0 unspecified atom stereocenters. The van der Waals surface area contributed by atoms with Gasteiger partial charge >= 0.3 is 0 Å². The minimum absolute atomic E-state index is 0.0957. The number of hydrogen-bond acceptors (Lipinski definition) is 2. The van der Waals surface area contributed by atoms with Gasteiger partial charge in [-0.2, -0.15) is 0 Å². The molecule has 0 radical (unpaired) electrons. The Balaban J connectivity index is 3.44. The molecule has 0 fully saturated rings. The molecule has 7 heteroatoms. The fraction of sp³-hybridized carbons (Fsp3) is 0.143. The van der Waals surface area contributed by atoms with Gasteiger partial charge in [-0.15, -0.1) is 0 Å². The number of halogens is 5. The van der Waals surface area contributed by atoms with Crippen molar-refractivity contribution in [2.45, 2.75) is 6.43 Å². The van der Waals surface area contributed by atoms with Crippen molar-refractivity contribution < 1.29 is 13.6 Å². The topological polar surface area (TPSA) is 30.0 Å². The monoisotopic (exact) mass is 347 g/mol. The summed E-state index contributed by atoms with van der Waals surface area (Å²) in [4.78, 5) is 14.4. The maximum Gasteiger partial charge on any atom is 0.271 e. The Kier molecular flexibility index (Phi) is 3.97. The SMILES string of the molecule is O=C(Cl)c1nc(Br)cc(Br)c1C(F)F. The number of nitrogens with zero attached hydrogens (tertiary/aromatic N) is 1. The van der Waals surface area contributed by atoms with Crippen LogP contribution >= 0.6 is 43.5 Å². The number of aromatic nitrogens is 1. The zero-order chi connectivity index (χ0) is 10.9. The molecule has 0 aromatic carbocycles. The molecule has 14 heavy (non-hydrogen) atoms. The maximum absolute atomic E-state index is 12.5. The van der Waals surface area contributed by atoms with E-state index < -0.39 is 22.9 Å². The highest BCUT2D eigenvalue weighted by atomic mass is 79.9. The van der Waals surface area contributed by atoms with Crippen LogP contribution in [0.3, 0.4) is 0 Å². The molecule has 0 aliphatic carbocycles. The lowest BCUT2D eigenvalue weighted by atomic mass is 10.2. The number of carbonyl (C=O) groups excluding carboxylic acids is 1. The van der Waals surface area contributed by atoms with Crippen molar-refractivity contribution in [1.82, 2.24) is 4.98 Å². The van der Waals surface area contributed by atoms with E-state index in [2.05, 4.69) is 36.8 Å². The summed E-state index contributed by atoms with van der Waals surface area (Å²) >= 11 is 11.0. The first-order valence-corrected chi connectivity index (χ1v) is 5.23. The number of hydrogen-bond donors (Lipinski definition) is 0. The Bertz CT molecular complexity index is 386. The van der Waals surface area contributed by atoms with Gasteiger partial charge in [-0.1, -0.05) is 15.9 Å². The Labute approximate surface area is 99.9 Å². The summed E-state index contributed by atoms with van der Waals surface area (Å²) in [6.07, 6.45) is -2.80. The molecule has 0 aliphatic rings. The largest absolute Gasteiger partial charge is 0.274 e. The average molecular weight is 349 g/mol. The summed E-state index contributed by atoms with van der Waals surface area (Å²) in [6.45, 7) is 0. The van der Waals surface area contributed by atoms with E-state index in [0.717, 1.165) is 0 Å². The smallest absolute Gasteiger partial charge is 0.271 e. The fourth-order valence-electron chi connectivity index (χ4n) is 0.852. The molecular formula is C7H2Br2ClF2NO. The number of carbonyl (C=O) groups is 1. The lowest BCUT2D eigenvalue weighted by Gasteiger charge is -2.07. The van der Waals surface area contributed by atoms with E-state index >= 15 is 0 Å². The second-order valence-electron chi connectivity index (χ2n) is 2.26.